The van der Waals surface area contributed by atoms with Crippen molar-refractivity contribution < 1.29 is 26.2 Å². The topological polar surface area (TPSA) is 0 Å². The first-order valence-corrected chi connectivity index (χ1v) is 8.60. The van der Waals surface area contributed by atoms with Crippen molar-refractivity contribution >= 4 is 33.1 Å². The summed E-state index contributed by atoms with van der Waals surface area (Å²) in [6.45, 7) is 4.63. The summed E-state index contributed by atoms with van der Waals surface area (Å²) in [4.78, 5) is 0. The predicted octanol–water partition coefficient (Wildman–Crippen LogP) is 6.61. The zero-order chi connectivity index (χ0) is 16.4. The number of halogens is 1. The molecule has 0 aliphatic heterocycles. The van der Waals surface area contributed by atoms with Crippen molar-refractivity contribution in [1.82, 2.24) is 0 Å². The molecule has 120 valence electrons. The molecule has 0 atom stereocenters. The first-order valence-electron chi connectivity index (χ1n) is 7.84. The molecule has 2 heteroatoms. The van der Waals surface area contributed by atoms with Gasteiger partial charge in [0.1, 0.15) is 0 Å². The Labute approximate surface area is 168 Å². The Morgan fingerprint density at radius 3 is 1.46 bits per heavy atom. The SMILES string of the molecule is CC(C)(c1cc2ccccc2[cH-]1)c1cc2ccccc2[cH-]1.CCl.[Zr+2]. The van der Waals surface area contributed by atoms with Crippen molar-refractivity contribution in [2.24, 2.45) is 0 Å². The van der Waals surface area contributed by atoms with Gasteiger partial charge in [0.05, 0.1) is 0 Å². The van der Waals surface area contributed by atoms with Crippen molar-refractivity contribution in [3.8, 4) is 0 Å². The smallest absolute Gasteiger partial charge is 0.164 e. The summed E-state index contributed by atoms with van der Waals surface area (Å²) < 4.78 is 0. The molecular formula is C22H21ClZr. The average Bonchev–Trinajstić information content (AvgIpc) is 3.21. The van der Waals surface area contributed by atoms with Crippen molar-refractivity contribution in [2.45, 2.75) is 19.3 Å². The number of rotatable bonds is 2. The van der Waals surface area contributed by atoms with Gasteiger partial charge in [0.25, 0.3) is 0 Å². The van der Waals surface area contributed by atoms with Crippen LogP contribution in [0.2, 0.25) is 0 Å². The summed E-state index contributed by atoms with van der Waals surface area (Å²) in [5, 5.41) is 5.32. The van der Waals surface area contributed by atoms with E-state index in [1.165, 1.54) is 39.1 Å². The van der Waals surface area contributed by atoms with Gasteiger partial charge in [-0.2, -0.15) is 12.1 Å². The molecule has 0 radical (unpaired) electrons. The molecule has 0 aliphatic rings. The molecule has 0 unspecified atom stereocenters. The van der Waals surface area contributed by atoms with Crippen LogP contribution in [-0.2, 0) is 31.6 Å². The summed E-state index contributed by atoms with van der Waals surface area (Å²) in [7, 11) is 0. The van der Waals surface area contributed by atoms with Crippen molar-refractivity contribution in [3.63, 3.8) is 0 Å². The van der Waals surface area contributed by atoms with Gasteiger partial charge in [-0.15, -0.1) is 92.8 Å². The molecule has 0 aromatic heterocycles. The maximum Gasteiger partial charge on any atom is 2.00 e. The van der Waals surface area contributed by atoms with E-state index in [4.69, 9.17) is 0 Å². The zero-order valence-corrected chi connectivity index (χ0v) is 17.5. The molecule has 0 heterocycles. The fourth-order valence-electron chi connectivity index (χ4n) is 3.19. The molecule has 4 aromatic rings. The molecule has 4 aromatic carbocycles. The molecule has 0 spiro atoms. The van der Waals surface area contributed by atoms with Crippen LogP contribution >= 0.6 is 11.6 Å². The van der Waals surface area contributed by atoms with E-state index < -0.39 is 0 Å². The third kappa shape index (κ3) is 3.44. The van der Waals surface area contributed by atoms with E-state index in [2.05, 4.69) is 98.2 Å². The van der Waals surface area contributed by atoms with E-state index >= 15 is 0 Å². The average molecular weight is 412 g/mol. The first kappa shape index (κ1) is 19.2. The Balaban J connectivity index is 0.000000670. The van der Waals surface area contributed by atoms with Gasteiger partial charge in [0.2, 0.25) is 0 Å². The van der Waals surface area contributed by atoms with Gasteiger partial charge in [0.15, 0.2) is 0 Å². The molecule has 24 heavy (non-hydrogen) atoms. The second kappa shape index (κ2) is 7.81. The van der Waals surface area contributed by atoms with Gasteiger partial charge in [-0.05, 0) is 5.41 Å². The van der Waals surface area contributed by atoms with Crippen LogP contribution in [0.5, 0.6) is 0 Å². The number of hydrogen-bond acceptors (Lipinski definition) is 0. The largest absolute Gasteiger partial charge is 2.00 e. The molecule has 4 rings (SSSR count). The van der Waals surface area contributed by atoms with Gasteiger partial charge in [-0.25, -0.2) is 0 Å². The van der Waals surface area contributed by atoms with Gasteiger partial charge < -0.3 is 0 Å². The van der Waals surface area contributed by atoms with Crippen molar-refractivity contribution in [3.05, 3.63) is 83.9 Å². The minimum atomic E-state index is 0. The molecule has 0 aliphatic carbocycles. The molecule has 0 fully saturated rings. The van der Waals surface area contributed by atoms with Gasteiger partial charge in [-0.3, -0.25) is 0 Å². The van der Waals surface area contributed by atoms with E-state index in [1.807, 2.05) is 0 Å². The second-order valence-electron chi connectivity index (χ2n) is 6.37. The normalized spacial score (nSPS) is 11.0. The quantitative estimate of drug-likeness (QED) is 0.257. The first-order chi connectivity index (χ1) is 11.1. The number of hydrogen-bond donors (Lipinski definition) is 0. The Bertz CT molecular complexity index is 785. The van der Waals surface area contributed by atoms with Crippen LogP contribution < -0.4 is 0 Å². The summed E-state index contributed by atoms with van der Waals surface area (Å²) in [5.74, 6) is 0. The number of fused-ring (bicyclic) bond motifs is 2. The van der Waals surface area contributed by atoms with E-state index in [1.54, 1.807) is 0 Å². The molecule has 0 nitrogen and oxygen atoms in total. The third-order valence-corrected chi connectivity index (χ3v) is 4.68. The Kier molecular flexibility index (Phi) is 6.24. The molecule has 0 saturated heterocycles. The molecule has 0 amide bonds. The summed E-state index contributed by atoms with van der Waals surface area (Å²) >= 11 is 4.64. The zero-order valence-electron chi connectivity index (χ0n) is 14.3. The molecule has 0 saturated carbocycles. The van der Waals surface area contributed by atoms with Crippen LogP contribution in [0.4, 0.5) is 0 Å². The number of alkyl halides is 1. The predicted molar refractivity (Wildman–Crippen MR) is 103 cm³/mol. The summed E-state index contributed by atoms with van der Waals surface area (Å²) in [5.41, 5.74) is 2.80. The van der Waals surface area contributed by atoms with Crippen LogP contribution in [-0.4, -0.2) is 6.38 Å². The van der Waals surface area contributed by atoms with E-state index in [0.29, 0.717) is 0 Å². The van der Waals surface area contributed by atoms with Gasteiger partial charge >= 0.3 is 26.2 Å². The van der Waals surface area contributed by atoms with E-state index in [9.17, 15) is 0 Å². The number of benzene rings is 2. The van der Waals surface area contributed by atoms with E-state index in [-0.39, 0.29) is 31.6 Å². The van der Waals surface area contributed by atoms with Crippen LogP contribution in [0, 0.1) is 0 Å². The minimum absolute atomic E-state index is 0. The maximum atomic E-state index is 4.64. The van der Waals surface area contributed by atoms with E-state index in [0.717, 1.165) is 0 Å². The van der Waals surface area contributed by atoms with Crippen LogP contribution in [0.15, 0.2) is 72.8 Å². The standard InChI is InChI=1S/C21H18.CH3Cl.Zr/c1-21(2,19-11-15-7-3-4-8-16(15)12-19)20-13-17-9-5-6-10-18(17)14-20;1-2;/h3-14H,1-2H3;1H3;/q-2;;+2. The van der Waals surface area contributed by atoms with Crippen LogP contribution in [0.1, 0.15) is 25.0 Å². The van der Waals surface area contributed by atoms with Gasteiger partial charge in [0, 0.05) is 6.38 Å². The Hall–Kier alpha value is -1.17. The molecular weight excluding hydrogens is 391 g/mol. The van der Waals surface area contributed by atoms with Crippen molar-refractivity contribution in [2.75, 3.05) is 6.38 Å². The van der Waals surface area contributed by atoms with Crippen LogP contribution in [0.3, 0.4) is 0 Å². The monoisotopic (exact) mass is 410 g/mol. The molecule has 0 N–H and O–H groups in total. The third-order valence-electron chi connectivity index (χ3n) is 4.68. The second-order valence-corrected chi connectivity index (χ2v) is 6.37. The molecule has 0 bridgehead atoms. The van der Waals surface area contributed by atoms with Gasteiger partial charge in [-0.1, -0.05) is 26.0 Å². The van der Waals surface area contributed by atoms with Crippen molar-refractivity contribution in [1.29, 1.82) is 0 Å². The summed E-state index contributed by atoms with van der Waals surface area (Å²) in [6, 6.07) is 26.5. The van der Waals surface area contributed by atoms with Crippen LogP contribution in [0.25, 0.3) is 21.5 Å². The Morgan fingerprint density at radius 1 is 0.708 bits per heavy atom. The maximum absolute atomic E-state index is 4.64. The fourth-order valence-corrected chi connectivity index (χ4v) is 3.19. The summed E-state index contributed by atoms with van der Waals surface area (Å²) in [6.07, 6.45) is 1.47. The fraction of sp³-hybridized carbons (Fsp3) is 0.182. The minimum Gasteiger partial charge on any atom is -0.164 e. The Morgan fingerprint density at radius 2 is 1.08 bits per heavy atom.